The molecule has 0 saturated carbocycles. The minimum atomic E-state index is -3.91. The third kappa shape index (κ3) is 3.01. The first kappa shape index (κ1) is 16.5. The average Bonchev–Trinajstić information content (AvgIpc) is 2.95. The van der Waals surface area contributed by atoms with Crippen molar-refractivity contribution in [2.45, 2.75) is 4.90 Å². The Labute approximate surface area is 144 Å². The van der Waals surface area contributed by atoms with Gasteiger partial charge in [0.25, 0.3) is 0 Å². The van der Waals surface area contributed by atoms with Gasteiger partial charge in [0, 0.05) is 5.56 Å². The molecule has 0 aliphatic rings. The molecule has 0 aliphatic carbocycles. The monoisotopic (exact) mass is 363 g/mol. The Morgan fingerprint density at radius 3 is 2.42 bits per heavy atom. The van der Waals surface area contributed by atoms with Crippen molar-refractivity contribution in [1.29, 1.82) is 0 Å². The molecule has 3 aromatic rings. The summed E-state index contributed by atoms with van der Waals surface area (Å²) in [5, 5.41) is 9.92. The van der Waals surface area contributed by atoms with Crippen LogP contribution in [0.1, 0.15) is 0 Å². The van der Waals surface area contributed by atoms with E-state index in [-0.39, 0.29) is 4.90 Å². The number of halogens is 1. The lowest BCUT2D eigenvalue weighted by Crippen LogP contribution is -2.16. The lowest BCUT2D eigenvalue weighted by molar-refractivity contribution is 0.415. The molecule has 0 unspecified atom stereocenters. The molecule has 1 heterocycles. The number of sulfonamides is 1. The molecule has 3 rings (SSSR count). The predicted octanol–water partition coefficient (Wildman–Crippen LogP) is 2.85. The van der Waals surface area contributed by atoms with Crippen LogP contribution in [-0.2, 0) is 10.0 Å². The number of aromatic nitrogens is 2. The van der Waals surface area contributed by atoms with Crippen LogP contribution in [0.4, 0.5) is 0 Å². The molecule has 0 bridgehead atoms. The summed E-state index contributed by atoms with van der Waals surface area (Å²) in [6.07, 6.45) is 1.46. The van der Waals surface area contributed by atoms with Crippen molar-refractivity contribution in [2.75, 3.05) is 7.11 Å². The summed E-state index contributed by atoms with van der Waals surface area (Å²) >= 11 is 6.27. The Hall–Kier alpha value is -2.35. The van der Waals surface area contributed by atoms with E-state index in [4.69, 9.17) is 21.5 Å². The minimum Gasteiger partial charge on any atom is -0.497 e. The molecule has 0 radical (unpaired) electrons. The lowest BCUT2D eigenvalue weighted by atomic mass is 10.1. The maximum Gasteiger partial charge on any atom is 0.240 e. The van der Waals surface area contributed by atoms with E-state index in [1.165, 1.54) is 16.9 Å². The molecular weight excluding hydrogens is 350 g/mol. The number of rotatable bonds is 4. The van der Waals surface area contributed by atoms with Crippen molar-refractivity contribution in [3.63, 3.8) is 0 Å². The first-order valence-corrected chi connectivity index (χ1v) is 8.84. The van der Waals surface area contributed by atoms with E-state index in [2.05, 4.69) is 5.10 Å². The Morgan fingerprint density at radius 2 is 1.79 bits per heavy atom. The highest BCUT2D eigenvalue weighted by molar-refractivity contribution is 7.89. The summed E-state index contributed by atoms with van der Waals surface area (Å²) in [7, 11) is -2.33. The molecule has 24 heavy (non-hydrogen) atoms. The molecule has 6 nitrogen and oxygen atoms in total. The van der Waals surface area contributed by atoms with Crippen LogP contribution in [0.2, 0.25) is 5.02 Å². The van der Waals surface area contributed by atoms with Gasteiger partial charge in [-0.05, 0) is 36.4 Å². The zero-order chi connectivity index (χ0) is 17.3. The highest BCUT2D eigenvalue weighted by Gasteiger charge is 2.20. The Morgan fingerprint density at radius 1 is 1.12 bits per heavy atom. The number of nitrogens with two attached hydrogens (primary N) is 1. The van der Waals surface area contributed by atoms with E-state index in [0.717, 1.165) is 5.56 Å². The number of benzene rings is 2. The molecule has 0 aliphatic heterocycles. The highest BCUT2D eigenvalue weighted by atomic mass is 35.5. The third-order valence-corrected chi connectivity index (χ3v) is 4.72. The summed E-state index contributed by atoms with van der Waals surface area (Å²) in [6.45, 7) is 0. The van der Waals surface area contributed by atoms with Gasteiger partial charge in [-0.15, -0.1) is 0 Å². The van der Waals surface area contributed by atoms with Crippen LogP contribution < -0.4 is 9.88 Å². The molecule has 124 valence electrons. The molecule has 0 amide bonds. The van der Waals surface area contributed by atoms with Crippen molar-refractivity contribution in [3.8, 4) is 22.7 Å². The largest absolute Gasteiger partial charge is 0.497 e. The van der Waals surface area contributed by atoms with Gasteiger partial charge in [-0.25, -0.2) is 18.2 Å². The molecular formula is C16H14ClN3O3S. The predicted molar refractivity (Wildman–Crippen MR) is 91.9 cm³/mol. The van der Waals surface area contributed by atoms with Crippen molar-refractivity contribution in [1.82, 2.24) is 9.78 Å². The fourth-order valence-corrected chi connectivity index (χ4v) is 3.34. The second kappa shape index (κ2) is 6.27. The van der Waals surface area contributed by atoms with E-state index < -0.39 is 10.0 Å². The number of nitrogens with zero attached hydrogens (tertiary/aromatic N) is 2. The van der Waals surface area contributed by atoms with Crippen LogP contribution in [-0.4, -0.2) is 25.3 Å². The van der Waals surface area contributed by atoms with Gasteiger partial charge in [0.2, 0.25) is 10.0 Å². The third-order valence-electron chi connectivity index (χ3n) is 3.49. The second-order valence-electron chi connectivity index (χ2n) is 4.99. The number of hydrogen-bond donors (Lipinski definition) is 1. The summed E-state index contributed by atoms with van der Waals surface area (Å²) in [4.78, 5) is -0.0282. The number of para-hydroxylation sites is 1. The number of primary sulfonamides is 1. The van der Waals surface area contributed by atoms with Gasteiger partial charge in [-0.3, -0.25) is 0 Å². The van der Waals surface area contributed by atoms with Crippen molar-refractivity contribution in [2.24, 2.45) is 5.14 Å². The van der Waals surface area contributed by atoms with Crippen molar-refractivity contribution >= 4 is 21.6 Å². The topological polar surface area (TPSA) is 87.2 Å². The highest BCUT2D eigenvalue weighted by Crippen LogP contribution is 2.32. The molecule has 8 heteroatoms. The van der Waals surface area contributed by atoms with Gasteiger partial charge in [0.05, 0.1) is 29.7 Å². The van der Waals surface area contributed by atoms with E-state index in [1.807, 2.05) is 12.1 Å². The summed E-state index contributed by atoms with van der Waals surface area (Å²) in [6, 6.07) is 13.6. The van der Waals surface area contributed by atoms with Crippen LogP contribution in [0.15, 0.2) is 59.6 Å². The van der Waals surface area contributed by atoms with E-state index >= 15 is 0 Å². The van der Waals surface area contributed by atoms with Gasteiger partial charge in [0.1, 0.15) is 10.6 Å². The fourth-order valence-electron chi connectivity index (χ4n) is 2.39. The van der Waals surface area contributed by atoms with Gasteiger partial charge in [-0.1, -0.05) is 23.7 Å². The number of methoxy groups -OCH3 is 1. The molecule has 2 N–H and O–H groups in total. The standard InChI is InChI=1S/C16H14ClN3O3S/c1-23-12-8-6-11(7-9-12)16-13(17)10-19-20(16)14-4-2-3-5-15(14)24(18,21)22/h2-10H,1H3,(H2,18,21,22). The van der Waals surface area contributed by atoms with Gasteiger partial charge < -0.3 is 4.74 Å². The molecule has 1 aromatic heterocycles. The summed E-state index contributed by atoms with van der Waals surface area (Å²) < 4.78 is 30.3. The molecule has 0 spiro atoms. The van der Waals surface area contributed by atoms with Gasteiger partial charge in [0.15, 0.2) is 0 Å². The van der Waals surface area contributed by atoms with E-state index in [9.17, 15) is 8.42 Å². The van der Waals surface area contributed by atoms with E-state index in [1.54, 1.807) is 37.4 Å². The van der Waals surface area contributed by atoms with Crippen LogP contribution in [0.25, 0.3) is 16.9 Å². The maximum atomic E-state index is 11.9. The van der Waals surface area contributed by atoms with Gasteiger partial charge >= 0.3 is 0 Å². The Kier molecular flexibility index (Phi) is 4.31. The molecule has 0 atom stereocenters. The first-order chi connectivity index (χ1) is 11.4. The zero-order valence-electron chi connectivity index (χ0n) is 12.7. The number of hydrogen-bond acceptors (Lipinski definition) is 4. The van der Waals surface area contributed by atoms with Crippen LogP contribution in [0.3, 0.4) is 0 Å². The van der Waals surface area contributed by atoms with E-state index in [0.29, 0.717) is 22.2 Å². The quantitative estimate of drug-likeness (QED) is 0.772. The average molecular weight is 364 g/mol. The maximum absolute atomic E-state index is 11.9. The van der Waals surface area contributed by atoms with Gasteiger partial charge in [-0.2, -0.15) is 5.10 Å². The summed E-state index contributed by atoms with van der Waals surface area (Å²) in [5.74, 6) is 0.700. The normalized spacial score (nSPS) is 11.5. The minimum absolute atomic E-state index is 0.0282. The Balaban J connectivity index is 2.22. The van der Waals surface area contributed by atoms with Crippen molar-refractivity contribution < 1.29 is 13.2 Å². The first-order valence-electron chi connectivity index (χ1n) is 6.92. The van der Waals surface area contributed by atoms with Crippen LogP contribution in [0.5, 0.6) is 5.75 Å². The van der Waals surface area contributed by atoms with Crippen molar-refractivity contribution in [3.05, 3.63) is 59.8 Å². The lowest BCUT2D eigenvalue weighted by Gasteiger charge is -2.12. The second-order valence-corrected chi connectivity index (χ2v) is 6.93. The molecule has 2 aromatic carbocycles. The molecule has 0 saturated heterocycles. The number of ether oxygens (including phenoxy) is 1. The molecule has 0 fully saturated rings. The Bertz CT molecular complexity index is 982. The fraction of sp³-hybridized carbons (Fsp3) is 0.0625. The van der Waals surface area contributed by atoms with Crippen LogP contribution >= 0.6 is 11.6 Å². The smallest absolute Gasteiger partial charge is 0.240 e. The SMILES string of the molecule is COc1ccc(-c2c(Cl)cnn2-c2ccccc2S(N)(=O)=O)cc1. The zero-order valence-corrected chi connectivity index (χ0v) is 14.3. The van der Waals surface area contributed by atoms with Crippen LogP contribution in [0, 0.1) is 0 Å². The summed E-state index contributed by atoms with van der Waals surface area (Å²) in [5.41, 5.74) is 1.66.